The number of fused-ring (bicyclic) bond motifs is 1. The Hall–Kier alpha value is -1.41. The minimum atomic E-state index is -0.902. The number of nitrogens with zero attached hydrogens (tertiary/aromatic N) is 3. The normalized spacial score (nSPS) is 19.8. The Kier molecular flexibility index (Phi) is 3.28. The summed E-state index contributed by atoms with van der Waals surface area (Å²) in [6, 6.07) is 2.81. The van der Waals surface area contributed by atoms with Crippen molar-refractivity contribution in [1.82, 2.24) is 4.90 Å². The number of aliphatic imine (C=N–C) groups is 2. The molecule has 0 spiro atoms. The monoisotopic (exact) mass is 299 g/mol. The van der Waals surface area contributed by atoms with Crippen molar-refractivity contribution in [1.29, 1.82) is 0 Å². The van der Waals surface area contributed by atoms with E-state index in [-0.39, 0.29) is 5.56 Å². The minimum Gasteiger partial charge on any atom is -0.297 e. The highest BCUT2D eigenvalue weighted by Crippen LogP contribution is 2.38. The van der Waals surface area contributed by atoms with Gasteiger partial charge in [0.05, 0.1) is 12.1 Å². The van der Waals surface area contributed by atoms with Crippen molar-refractivity contribution in [3.63, 3.8) is 0 Å². The van der Waals surface area contributed by atoms with Gasteiger partial charge in [-0.15, -0.1) is 0 Å². The molecule has 4 nitrogen and oxygen atoms in total. The van der Waals surface area contributed by atoms with E-state index >= 15 is 0 Å². The summed E-state index contributed by atoms with van der Waals surface area (Å²) in [4.78, 5) is 21.8. The second-order valence-electron chi connectivity index (χ2n) is 3.81. The zero-order valence-electron chi connectivity index (χ0n) is 9.47. The van der Waals surface area contributed by atoms with E-state index in [1.807, 2.05) is 4.90 Å². The number of carbonyl (C=O) groups is 1. The number of hydrogen-bond donors (Lipinski definition) is 0. The number of benzene rings is 1. The van der Waals surface area contributed by atoms with Gasteiger partial charge in [-0.1, -0.05) is 0 Å². The number of amidine groups is 2. The van der Waals surface area contributed by atoms with Crippen LogP contribution in [0.2, 0.25) is 0 Å². The van der Waals surface area contributed by atoms with E-state index in [1.54, 1.807) is 0 Å². The topological polar surface area (TPSA) is 45.0 Å². The van der Waals surface area contributed by atoms with Crippen LogP contribution in [0.25, 0.3) is 0 Å². The fourth-order valence-corrected chi connectivity index (χ4v) is 3.95. The Morgan fingerprint density at radius 1 is 1.37 bits per heavy atom. The number of hydrogen-bond acceptors (Lipinski definition) is 4. The van der Waals surface area contributed by atoms with E-state index < -0.39 is 17.5 Å². The van der Waals surface area contributed by atoms with Crippen LogP contribution in [0.15, 0.2) is 28.2 Å². The molecule has 1 aromatic rings. The SMILES string of the molecule is O=C(/N=C1\SSC2=NCCN21)c1ccc(F)cc1F. The number of carbonyl (C=O) groups excluding carboxylic acids is 1. The van der Waals surface area contributed by atoms with E-state index in [9.17, 15) is 13.6 Å². The summed E-state index contributed by atoms with van der Waals surface area (Å²) >= 11 is 0. The van der Waals surface area contributed by atoms with E-state index in [4.69, 9.17) is 0 Å². The molecule has 19 heavy (non-hydrogen) atoms. The zero-order chi connectivity index (χ0) is 13.4. The summed E-state index contributed by atoms with van der Waals surface area (Å²) in [7, 11) is 2.73. The van der Waals surface area contributed by atoms with Crippen LogP contribution < -0.4 is 0 Å². The molecule has 0 aliphatic carbocycles. The first-order valence-corrected chi connectivity index (χ1v) is 7.55. The van der Waals surface area contributed by atoms with Crippen LogP contribution in [0.3, 0.4) is 0 Å². The van der Waals surface area contributed by atoms with Crippen LogP contribution >= 0.6 is 21.6 Å². The Labute approximate surface area is 115 Å². The molecule has 2 aliphatic rings. The lowest BCUT2D eigenvalue weighted by Crippen LogP contribution is -2.26. The van der Waals surface area contributed by atoms with Crippen molar-refractivity contribution in [3.8, 4) is 0 Å². The maximum Gasteiger partial charge on any atom is 0.282 e. The van der Waals surface area contributed by atoms with E-state index in [0.717, 1.165) is 17.3 Å². The molecule has 0 saturated carbocycles. The summed E-state index contributed by atoms with van der Waals surface area (Å²) in [6.07, 6.45) is 0. The second-order valence-corrected chi connectivity index (χ2v) is 5.87. The van der Waals surface area contributed by atoms with Crippen LogP contribution in [0.5, 0.6) is 0 Å². The average Bonchev–Trinajstić information content (AvgIpc) is 2.94. The summed E-state index contributed by atoms with van der Waals surface area (Å²) in [6.45, 7) is 1.34. The lowest BCUT2D eigenvalue weighted by atomic mass is 10.2. The minimum absolute atomic E-state index is 0.232. The molecule has 1 fully saturated rings. The first-order valence-electron chi connectivity index (χ1n) is 5.40. The molecule has 1 aromatic carbocycles. The molecular formula is C11H7F2N3OS2. The Balaban J connectivity index is 1.87. The maximum atomic E-state index is 13.5. The molecule has 3 rings (SSSR count). The van der Waals surface area contributed by atoms with Crippen molar-refractivity contribution in [2.45, 2.75) is 0 Å². The number of rotatable bonds is 1. The fourth-order valence-electron chi connectivity index (χ4n) is 1.68. The standard InChI is InChI=1S/C11H7F2N3OS2/c12-6-1-2-7(8(13)5-6)9(17)15-11-16-4-3-14-10(16)18-19-11/h1-2,5H,3-4H2/b15-11-. The van der Waals surface area contributed by atoms with Gasteiger partial charge < -0.3 is 0 Å². The van der Waals surface area contributed by atoms with Gasteiger partial charge in [0.1, 0.15) is 11.6 Å². The third-order valence-electron chi connectivity index (χ3n) is 2.58. The van der Waals surface area contributed by atoms with Gasteiger partial charge in [-0.3, -0.25) is 14.7 Å². The fraction of sp³-hybridized carbons (Fsp3) is 0.182. The highest BCUT2D eigenvalue weighted by molar-refractivity contribution is 8.88. The van der Waals surface area contributed by atoms with Crippen molar-refractivity contribution in [3.05, 3.63) is 35.4 Å². The van der Waals surface area contributed by atoms with E-state index in [1.165, 1.54) is 21.6 Å². The summed E-state index contributed by atoms with van der Waals surface area (Å²) in [5.41, 5.74) is -0.232. The van der Waals surface area contributed by atoms with Crippen LogP contribution in [0, 0.1) is 11.6 Å². The molecule has 0 radical (unpaired) electrons. The predicted octanol–water partition coefficient (Wildman–Crippen LogP) is 2.53. The molecule has 0 bridgehead atoms. The lowest BCUT2D eigenvalue weighted by molar-refractivity contribution is 0.0998. The summed E-state index contributed by atoms with van der Waals surface area (Å²) in [5, 5.41) is 1.31. The first-order chi connectivity index (χ1) is 9.15. The molecular weight excluding hydrogens is 292 g/mol. The van der Waals surface area contributed by atoms with Gasteiger partial charge in [0.2, 0.25) is 0 Å². The number of halogens is 2. The van der Waals surface area contributed by atoms with E-state index in [0.29, 0.717) is 24.3 Å². The summed E-state index contributed by atoms with van der Waals surface area (Å²) < 4.78 is 26.2. The first kappa shape index (κ1) is 12.6. The van der Waals surface area contributed by atoms with Crippen LogP contribution in [-0.4, -0.2) is 34.2 Å². The van der Waals surface area contributed by atoms with Crippen LogP contribution in [0.1, 0.15) is 10.4 Å². The van der Waals surface area contributed by atoms with Crippen molar-refractivity contribution < 1.29 is 13.6 Å². The Morgan fingerprint density at radius 3 is 3.00 bits per heavy atom. The molecule has 1 saturated heterocycles. The van der Waals surface area contributed by atoms with Gasteiger partial charge in [0, 0.05) is 12.6 Å². The Bertz CT molecular complexity index is 618. The average molecular weight is 299 g/mol. The van der Waals surface area contributed by atoms with Crippen LogP contribution in [0.4, 0.5) is 8.78 Å². The van der Waals surface area contributed by atoms with Gasteiger partial charge in [-0.25, -0.2) is 8.78 Å². The van der Waals surface area contributed by atoms with Crippen molar-refractivity contribution in [2.75, 3.05) is 13.1 Å². The van der Waals surface area contributed by atoms with Crippen molar-refractivity contribution in [2.24, 2.45) is 9.98 Å². The Morgan fingerprint density at radius 2 is 2.21 bits per heavy atom. The molecule has 8 heteroatoms. The third kappa shape index (κ3) is 2.37. The third-order valence-corrected chi connectivity index (χ3v) is 4.77. The van der Waals surface area contributed by atoms with Gasteiger partial charge in [-0.05, 0) is 33.7 Å². The molecule has 0 N–H and O–H groups in total. The largest absolute Gasteiger partial charge is 0.297 e. The maximum absolute atomic E-state index is 13.5. The van der Waals surface area contributed by atoms with Crippen LogP contribution in [-0.2, 0) is 0 Å². The predicted molar refractivity (Wildman–Crippen MR) is 72.3 cm³/mol. The lowest BCUT2D eigenvalue weighted by Gasteiger charge is -2.09. The molecule has 0 atom stereocenters. The van der Waals surface area contributed by atoms with Gasteiger partial charge in [0.15, 0.2) is 10.3 Å². The quantitative estimate of drug-likeness (QED) is 0.748. The smallest absolute Gasteiger partial charge is 0.282 e. The molecule has 98 valence electrons. The zero-order valence-corrected chi connectivity index (χ0v) is 11.1. The highest BCUT2D eigenvalue weighted by atomic mass is 33.1. The second kappa shape index (κ2) is 4.93. The van der Waals surface area contributed by atoms with E-state index in [2.05, 4.69) is 9.98 Å². The van der Waals surface area contributed by atoms with Gasteiger partial charge >= 0.3 is 0 Å². The summed E-state index contributed by atoms with van der Waals surface area (Å²) in [5.74, 6) is -2.34. The molecule has 2 heterocycles. The number of amides is 1. The molecule has 0 unspecified atom stereocenters. The molecule has 1 amide bonds. The van der Waals surface area contributed by atoms with Gasteiger partial charge in [0.25, 0.3) is 5.91 Å². The highest BCUT2D eigenvalue weighted by Gasteiger charge is 2.31. The molecule has 0 aromatic heterocycles. The van der Waals surface area contributed by atoms with Gasteiger partial charge in [-0.2, -0.15) is 4.99 Å². The van der Waals surface area contributed by atoms with Crippen molar-refractivity contribution >= 4 is 37.8 Å². The molecule has 2 aliphatic heterocycles.